The zero-order valence-electron chi connectivity index (χ0n) is 15.5. The molecule has 0 radical (unpaired) electrons. The van der Waals surface area contributed by atoms with Gasteiger partial charge in [0.15, 0.2) is 0 Å². The van der Waals surface area contributed by atoms with E-state index in [9.17, 15) is 13.2 Å². The van der Waals surface area contributed by atoms with Gasteiger partial charge >= 0.3 is 0 Å². The highest BCUT2D eigenvalue weighted by Gasteiger charge is 2.20. The van der Waals surface area contributed by atoms with E-state index in [1.165, 1.54) is 23.9 Å². The molecular formula is C20H20N4O3S. The summed E-state index contributed by atoms with van der Waals surface area (Å²) < 4.78 is 29.4. The van der Waals surface area contributed by atoms with E-state index in [-0.39, 0.29) is 16.5 Å². The predicted octanol–water partition coefficient (Wildman–Crippen LogP) is 2.75. The van der Waals surface area contributed by atoms with E-state index in [0.29, 0.717) is 5.69 Å². The topological polar surface area (TPSA) is 93.1 Å². The van der Waals surface area contributed by atoms with Crippen molar-refractivity contribution in [3.8, 4) is 0 Å². The first-order valence-corrected chi connectivity index (χ1v) is 9.98. The molecule has 0 bridgehead atoms. The van der Waals surface area contributed by atoms with Gasteiger partial charge in [-0.05, 0) is 42.0 Å². The SMILES string of the molecule is CNC(=O)c1cc(S(=O)(=O)Nc2cccc(C=Cc3ccccn3)c2)cn1C. The van der Waals surface area contributed by atoms with E-state index in [1.54, 1.807) is 31.4 Å². The van der Waals surface area contributed by atoms with Crippen LogP contribution in [0, 0.1) is 0 Å². The Morgan fingerprint density at radius 2 is 1.93 bits per heavy atom. The number of anilines is 1. The minimum absolute atomic E-state index is 0.0167. The Morgan fingerprint density at radius 3 is 2.64 bits per heavy atom. The Bertz CT molecular complexity index is 1120. The van der Waals surface area contributed by atoms with Gasteiger partial charge in [-0.2, -0.15) is 0 Å². The van der Waals surface area contributed by atoms with E-state index in [1.807, 2.05) is 36.4 Å². The number of amides is 1. The summed E-state index contributed by atoms with van der Waals surface area (Å²) in [6.07, 6.45) is 6.81. The van der Waals surface area contributed by atoms with Gasteiger partial charge in [0.2, 0.25) is 0 Å². The first-order chi connectivity index (χ1) is 13.4. The first-order valence-electron chi connectivity index (χ1n) is 8.49. The van der Waals surface area contributed by atoms with Crippen molar-refractivity contribution in [2.75, 3.05) is 11.8 Å². The summed E-state index contributed by atoms with van der Waals surface area (Å²) in [6, 6.07) is 14.0. The number of pyridine rings is 1. The lowest BCUT2D eigenvalue weighted by Gasteiger charge is -2.07. The average molecular weight is 396 g/mol. The number of carbonyl (C=O) groups is 1. The highest BCUT2D eigenvalue weighted by atomic mass is 32.2. The maximum atomic E-state index is 12.7. The van der Waals surface area contributed by atoms with Crippen LogP contribution in [0.25, 0.3) is 12.2 Å². The van der Waals surface area contributed by atoms with Crippen molar-refractivity contribution in [1.82, 2.24) is 14.9 Å². The third-order valence-electron chi connectivity index (χ3n) is 4.02. The van der Waals surface area contributed by atoms with E-state index in [4.69, 9.17) is 0 Å². The van der Waals surface area contributed by atoms with E-state index in [0.717, 1.165) is 11.3 Å². The van der Waals surface area contributed by atoms with Crippen LogP contribution in [0.3, 0.4) is 0 Å². The molecule has 0 unspecified atom stereocenters. The molecule has 0 aliphatic heterocycles. The van der Waals surface area contributed by atoms with Gasteiger partial charge in [0.05, 0.1) is 5.69 Å². The molecule has 0 saturated heterocycles. The molecule has 1 amide bonds. The number of sulfonamides is 1. The van der Waals surface area contributed by atoms with Gasteiger partial charge in [0.1, 0.15) is 10.6 Å². The monoisotopic (exact) mass is 396 g/mol. The molecule has 2 N–H and O–H groups in total. The number of hydrogen-bond donors (Lipinski definition) is 2. The van der Waals surface area contributed by atoms with Crippen LogP contribution < -0.4 is 10.0 Å². The third kappa shape index (κ3) is 4.47. The van der Waals surface area contributed by atoms with E-state index >= 15 is 0 Å². The molecule has 2 aromatic heterocycles. The standard InChI is InChI=1S/C20H20N4O3S/c1-21-20(25)19-13-18(14-24(19)2)28(26,27)23-17-8-5-6-15(12-17)9-10-16-7-3-4-11-22-16/h3-14,23H,1-2H3,(H,21,25). The van der Waals surface area contributed by atoms with Crippen LogP contribution in [0.5, 0.6) is 0 Å². The van der Waals surface area contributed by atoms with E-state index in [2.05, 4.69) is 15.0 Å². The van der Waals surface area contributed by atoms with Gasteiger partial charge in [-0.3, -0.25) is 14.5 Å². The Hall–Kier alpha value is -3.39. The van der Waals surface area contributed by atoms with Gasteiger partial charge in [0, 0.05) is 32.2 Å². The fourth-order valence-electron chi connectivity index (χ4n) is 2.61. The molecule has 1 aromatic carbocycles. The fraction of sp³-hybridized carbons (Fsp3) is 0.100. The predicted molar refractivity (Wildman–Crippen MR) is 109 cm³/mol. The Morgan fingerprint density at radius 1 is 1.11 bits per heavy atom. The third-order valence-corrected chi connectivity index (χ3v) is 5.37. The summed E-state index contributed by atoms with van der Waals surface area (Å²) in [6.45, 7) is 0. The van der Waals surface area contributed by atoms with Crippen LogP contribution in [0.15, 0.2) is 65.8 Å². The number of aryl methyl sites for hydroxylation is 1. The van der Waals surface area contributed by atoms with Crippen molar-refractivity contribution in [3.05, 3.63) is 77.9 Å². The molecule has 0 spiro atoms. The van der Waals surface area contributed by atoms with Gasteiger partial charge in [-0.1, -0.05) is 24.3 Å². The first kappa shape index (κ1) is 19.4. The molecule has 0 aliphatic rings. The van der Waals surface area contributed by atoms with Crippen molar-refractivity contribution < 1.29 is 13.2 Å². The van der Waals surface area contributed by atoms with Gasteiger partial charge < -0.3 is 9.88 Å². The van der Waals surface area contributed by atoms with Crippen molar-refractivity contribution in [3.63, 3.8) is 0 Å². The molecule has 8 heteroatoms. The highest BCUT2D eigenvalue weighted by molar-refractivity contribution is 7.92. The van der Waals surface area contributed by atoms with Crippen molar-refractivity contribution in [1.29, 1.82) is 0 Å². The summed E-state index contributed by atoms with van der Waals surface area (Å²) in [5.74, 6) is -0.356. The molecule has 144 valence electrons. The highest BCUT2D eigenvalue weighted by Crippen LogP contribution is 2.20. The normalized spacial score (nSPS) is 11.5. The van der Waals surface area contributed by atoms with Crippen LogP contribution in [-0.2, 0) is 17.1 Å². The number of carbonyl (C=O) groups excluding carboxylic acids is 1. The Kier molecular flexibility index (Phi) is 5.60. The lowest BCUT2D eigenvalue weighted by molar-refractivity contribution is 0.0955. The van der Waals surface area contributed by atoms with Crippen LogP contribution in [0.2, 0.25) is 0 Å². The van der Waals surface area contributed by atoms with Crippen LogP contribution in [0.1, 0.15) is 21.7 Å². The molecule has 7 nitrogen and oxygen atoms in total. The second-order valence-electron chi connectivity index (χ2n) is 6.07. The molecule has 28 heavy (non-hydrogen) atoms. The minimum Gasteiger partial charge on any atom is -0.354 e. The molecule has 0 atom stereocenters. The Balaban J connectivity index is 1.81. The van der Waals surface area contributed by atoms with Crippen molar-refractivity contribution in [2.45, 2.75) is 4.90 Å². The summed E-state index contributed by atoms with van der Waals surface area (Å²) in [5, 5.41) is 2.48. The summed E-state index contributed by atoms with van der Waals surface area (Å²) in [4.78, 5) is 16.0. The van der Waals surface area contributed by atoms with Gasteiger partial charge in [-0.25, -0.2) is 8.42 Å². The largest absolute Gasteiger partial charge is 0.354 e. The van der Waals surface area contributed by atoms with Crippen LogP contribution >= 0.6 is 0 Å². The molecule has 3 aromatic rings. The van der Waals surface area contributed by atoms with Crippen molar-refractivity contribution in [2.24, 2.45) is 7.05 Å². The molecular weight excluding hydrogens is 376 g/mol. The molecule has 3 rings (SSSR count). The summed E-state index contributed by atoms with van der Waals surface area (Å²) in [7, 11) is -0.718. The van der Waals surface area contributed by atoms with Crippen LogP contribution in [0.4, 0.5) is 5.69 Å². The summed E-state index contributed by atoms with van der Waals surface area (Å²) in [5.41, 5.74) is 2.31. The smallest absolute Gasteiger partial charge is 0.267 e. The minimum atomic E-state index is -3.83. The maximum absolute atomic E-state index is 12.7. The number of hydrogen-bond acceptors (Lipinski definition) is 4. The zero-order valence-corrected chi connectivity index (χ0v) is 16.3. The number of nitrogens with one attached hydrogen (secondary N) is 2. The molecule has 0 fully saturated rings. The number of benzene rings is 1. The lowest BCUT2D eigenvalue weighted by atomic mass is 10.2. The molecule has 0 saturated carbocycles. The maximum Gasteiger partial charge on any atom is 0.267 e. The quantitative estimate of drug-likeness (QED) is 0.670. The number of rotatable bonds is 6. The second kappa shape index (κ2) is 8.10. The van der Waals surface area contributed by atoms with E-state index < -0.39 is 10.0 Å². The van der Waals surface area contributed by atoms with Gasteiger partial charge in [-0.15, -0.1) is 0 Å². The number of aromatic nitrogens is 2. The molecule has 2 heterocycles. The van der Waals surface area contributed by atoms with Gasteiger partial charge in [0.25, 0.3) is 15.9 Å². The average Bonchev–Trinajstić information content (AvgIpc) is 3.09. The lowest BCUT2D eigenvalue weighted by Crippen LogP contribution is -2.20. The second-order valence-corrected chi connectivity index (χ2v) is 7.75. The fourth-order valence-corrected chi connectivity index (χ4v) is 3.73. The Labute approximate surface area is 163 Å². The van der Waals surface area contributed by atoms with Crippen molar-refractivity contribution >= 4 is 33.8 Å². The summed E-state index contributed by atoms with van der Waals surface area (Å²) >= 11 is 0. The number of nitrogens with zero attached hydrogens (tertiary/aromatic N) is 2. The van der Waals surface area contributed by atoms with Crippen LogP contribution in [-0.4, -0.2) is 30.9 Å². The zero-order chi connectivity index (χ0) is 20.1. The molecule has 0 aliphatic carbocycles.